The lowest BCUT2D eigenvalue weighted by Gasteiger charge is -2.08. The molecular weight excluding hydrogens is 344 g/mol. The minimum absolute atomic E-state index is 0.208. The van der Waals surface area contributed by atoms with Gasteiger partial charge in [0.25, 0.3) is 10.0 Å². The molecule has 0 spiro atoms. The van der Waals surface area contributed by atoms with Crippen molar-refractivity contribution in [2.75, 3.05) is 0 Å². The topological polar surface area (TPSA) is 52.0 Å². The van der Waals surface area contributed by atoms with E-state index in [1.807, 2.05) is 66.7 Å². The quantitative estimate of drug-likeness (QED) is 0.540. The molecule has 0 aliphatic carbocycles. The van der Waals surface area contributed by atoms with Crippen LogP contribution < -0.4 is 0 Å². The van der Waals surface area contributed by atoms with Gasteiger partial charge in [-0.2, -0.15) is 17.6 Å². The number of rotatable bonds is 4. The molecular formula is C21H16N2O2S. The smallest absolute Gasteiger partial charge is 0.199 e. The molecule has 0 bridgehead atoms. The van der Waals surface area contributed by atoms with Crippen molar-refractivity contribution in [2.24, 2.45) is 0 Å². The van der Waals surface area contributed by atoms with Crippen molar-refractivity contribution in [1.29, 1.82) is 0 Å². The Hall–Kier alpha value is -3.18. The lowest BCUT2D eigenvalue weighted by molar-refractivity contribution is 0.581. The molecule has 0 amide bonds. The van der Waals surface area contributed by atoms with Crippen LogP contribution in [0.3, 0.4) is 0 Å². The molecule has 0 atom stereocenters. The number of aromatic nitrogens is 2. The molecule has 5 heteroatoms. The average molecular weight is 360 g/mol. The van der Waals surface area contributed by atoms with Gasteiger partial charge >= 0.3 is 0 Å². The van der Waals surface area contributed by atoms with Crippen LogP contribution in [0.4, 0.5) is 0 Å². The molecule has 0 fully saturated rings. The highest BCUT2D eigenvalue weighted by Gasteiger charge is 2.23. The maximum Gasteiger partial charge on any atom is 0.283 e. The summed E-state index contributed by atoms with van der Waals surface area (Å²) in [5.41, 5.74) is 2.81. The molecule has 128 valence electrons. The van der Waals surface area contributed by atoms with E-state index in [2.05, 4.69) is 5.10 Å². The molecule has 0 unspecified atom stereocenters. The molecule has 26 heavy (non-hydrogen) atoms. The first kappa shape index (κ1) is 16.3. The molecule has 0 N–H and O–H groups in total. The first-order valence-electron chi connectivity index (χ1n) is 8.18. The maximum atomic E-state index is 13.2. The lowest BCUT2D eigenvalue weighted by atomic mass is 10.1. The molecule has 3 aromatic carbocycles. The van der Waals surface area contributed by atoms with Gasteiger partial charge < -0.3 is 0 Å². The van der Waals surface area contributed by atoms with E-state index in [9.17, 15) is 8.42 Å². The van der Waals surface area contributed by atoms with Crippen LogP contribution in [0.25, 0.3) is 22.5 Å². The van der Waals surface area contributed by atoms with Crippen molar-refractivity contribution in [3.63, 3.8) is 0 Å². The summed E-state index contributed by atoms with van der Waals surface area (Å²) in [4.78, 5) is 0.208. The summed E-state index contributed by atoms with van der Waals surface area (Å²) in [6, 6.07) is 29.1. The average Bonchev–Trinajstić information content (AvgIpc) is 3.16. The maximum absolute atomic E-state index is 13.2. The van der Waals surface area contributed by atoms with Crippen molar-refractivity contribution in [3.05, 3.63) is 97.1 Å². The molecule has 0 aliphatic heterocycles. The number of hydrogen-bond acceptors (Lipinski definition) is 3. The lowest BCUT2D eigenvalue weighted by Crippen LogP contribution is -2.15. The molecule has 4 nitrogen and oxygen atoms in total. The van der Waals surface area contributed by atoms with E-state index in [0.29, 0.717) is 11.4 Å². The summed E-state index contributed by atoms with van der Waals surface area (Å²) < 4.78 is 27.5. The zero-order valence-corrected chi connectivity index (χ0v) is 14.7. The Labute approximate surface area is 152 Å². The zero-order chi connectivity index (χ0) is 18.0. The molecule has 1 heterocycles. The van der Waals surface area contributed by atoms with Gasteiger partial charge in [0.2, 0.25) is 0 Å². The van der Waals surface area contributed by atoms with E-state index in [1.165, 1.54) is 0 Å². The Balaban J connectivity index is 1.95. The van der Waals surface area contributed by atoms with E-state index in [-0.39, 0.29) is 4.90 Å². The van der Waals surface area contributed by atoms with E-state index in [0.717, 1.165) is 15.2 Å². The summed E-state index contributed by atoms with van der Waals surface area (Å²) in [6.07, 6.45) is 0. The molecule has 0 aliphatic rings. The minimum Gasteiger partial charge on any atom is -0.199 e. The Morgan fingerprint density at radius 1 is 0.654 bits per heavy atom. The van der Waals surface area contributed by atoms with E-state index in [4.69, 9.17) is 0 Å². The van der Waals surface area contributed by atoms with Crippen molar-refractivity contribution < 1.29 is 8.42 Å². The van der Waals surface area contributed by atoms with Crippen molar-refractivity contribution in [1.82, 2.24) is 9.19 Å². The second-order valence-electron chi connectivity index (χ2n) is 5.81. The van der Waals surface area contributed by atoms with Crippen molar-refractivity contribution in [3.8, 4) is 22.5 Å². The van der Waals surface area contributed by atoms with Crippen molar-refractivity contribution in [2.45, 2.75) is 4.90 Å². The highest BCUT2D eigenvalue weighted by molar-refractivity contribution is 7.90. The largest absolute Gasteiger partial charge is 0.283 e. The number of nitrogens with zero attached hydrogens (tertiary/aromatic N) is 2. The first-order chi connectivity index (χ1) is 12.7. The van der Waals surface area contributed by atoms with E-state index >= 15 is 0 Å². The van der Waals surface area contributed by atoms with Gasteiger partial charge in [0.1, 0.15) is 0 Å². The van der Waals surface area contributed by atoms with E-state index in [1.54, 1.807) is 30.3 Å². The summed E-state index contributed by atoms with van der Waals surface area (Å²) in [6.45, 7) is 0. The zero-order valence-electron chi connectivity index (χ0n) is 13.9. The highest BCUT2D eigenvalue weighted by Crippen LogP contribution is 2.29. The second kappa shape index (κ2) is 6.61. The van der Waals surface area contributed by atoms with E-state index < -0.39 is 10.0 Å². The SMILES string of the molecule is O=S(=O)(c1ccccc1)n1nc(-c2ccccc2)cc1-c1ccccc1. The summed E-state index contributed by atoms with van der Waals surface area (Å²) in [5.74, 6) is 0. The van der Waals surface area contributed by atoms with Gasteiger partial charge in [-0.25, -0.2) is 0 Å². The monoisotopic (exact) mass is 360 g/mol. The summed E-state index contributed by atoms with van der Waals surface area (Å²) in [5, 5.41) is 4.43. The first-order valence-corrected chi connectivity index (χ1v) is 9.62. The van der Waals surface area contributed by atoms with Gasteiger partial charge in [-0.1, -0.05) is 78.9 Å². The molecule has 0 radical (unpaired) electrons. The second-order valence-corrected chi connectivity index (χ2v) is 7.58. The van der Waals surface area contributed by atoms with Crippen LogP contribution in [0.15, 0.2) is 102 Å². The van der Waals surface area contributed by atoms with Gasteiger partial charge in [-0.05, 0) is 18.2 Å². The van der Waals surface area contributed by atoms with Gasteiger partial charge in [-0.3, -0.25) is 0 Å². The predicted molar refractivity (Wildman–Crippen MR) is 102 cm³/mol. The van der Waals surface area contributed by atoms with Crippen LogP contribution in [-0.2, 0) is 10.0 Å². The highest BCUT2D eigenvalue weighted by atomic mass is 32.2. The van der Waals surface area contributed by atoms with Crippen LogP contribution in [0, 0.1) is 0 Å². The van der Waals surface area contributed by atoms with Crippen molar-refractivity contribution >= 4 is 10.0 Å². The normalized spacial score (nSPS) is 11.4. The third-order valence-electron chi connectivity index (χ3n) is 4.09. The Bertz CT molecular complexity index is 1120. The molecule has 4 rings (SSSR count). The third kappa shape index (κ3) is 2.93. The van der Waals surface area contributed by atoms with Gasteiger partial charge in [0, 0.05) is 11.1 Å². The van der Waals surface area contributed by atoms with Gasteiger partial charge in [0.15, 0.2) is 0 Å². The Morgan fingerprint density at radius 2 is 1.15 bits per heavy atom. The van der Waals surface area contributed by atoms with Gasteiger partial charge in [-0.15, -0.1) is 0 Å². The molecule has 4 aromatic rings. The summed E-state index contributed by atoms with van der Waals surface area (Å²) in [7, 11) is -3.80. The Kier molecular flexibility index (Phi) is 4.14. The third-order valence-corrected chi connectivity index (χ3v) is 5.69. The molecule has 0 saturated heterocycles. The van der Waals surface area contributed by atoms with Gasteiger partial charge in [0.05, 0.1) is 16.3 Å². The van der Waals surface area contributed by atoms with Crippen LogP contribution in [0.1, 0.15) is 0 Å². The fraction of sp³-hybridized carbons (Fsp3) is 0. The predicted octanol–water partition coefficient (Wildman–Crippen LogP) is 4.45. The minimum atomic E-state index is -3.80. The van der Waals surface area contributed by atoms with Crippen LogP contribution >= 0.6 is 0 Å². The van der Waals surface area contributed by atoms with Crippen LogP contribution in [0.5, 0.6) is 0 Å². The van der Waals surface area contributed by atoms with Crippen LogP contribution in [0.2, 0.25) is 0 Å². The standard InChI is InChI=1S/C21H16N2O2S/c24-26(25,19-14-8-3-9-15-19)23-21(18-12-6-2-7-13-18)16-20(22-23)17-10-4-1-5-11-17/h1-16H. The molecule has 0 saturated carbocycles. The number of hydrogen-bond donors (Lipinski definition) is 0. The molecule has 1 aromatic heterocycles. The van der Waals surface area contributed by atoms with Crippen LogP contribution in [-0.4, -0.2) is 17.6 Å². The number of benzene rings is 3. The Morgan fingerprint density at radius 3 is 1.73 bits per heavy atom. The summed E-state index contributed by atoms with van der Waals surface area (Å²) >= 11 is 0. The fourth-order valence-corrected chi connectivity index (χ4v) is 4.11. The fourth-order valence-electron chi connectivity index (χ4n) is 2.79.